The Kier molecular flexibility index (Phi) is 3.90. The number of hydrogen-bond acceptors (Lipinski definition) is 3. The molecule has 1 fully saturated rings. The average Bonchev–Trinajstić information content (AvgIpc) is 2.48. The van der Waals surface area contributed by atoms with E-state index in [-0.39, 0.29) is 12.1 Å². The molecule has 4 nitrogen and oxygen atoms in total. The van der Waals surface area contributed by atoms with Gasteiger partial charge in [0.05, 0.1) is 0 Å². The molecule has 0 saturated carbocycles. The van der Waals surface area contributed by atoms with Crippen molar-refractivity contribution in [2.24, 2.45) is 0 Å². The Hall–Kier alpha value is -0.840. The van der Waals surface area contributed by atoms with E-state index in [9.17, 15) is 9.18 Å². The van der Waals surface area contributed by atoms with Gasteiger partial charge in [-0.1, -0.05) is 0 Å². The van der Waals surface area contributed by atoms with Crippen molar-refractivity contribution in [2.45, 2.75) is 44.9 Å². The number of carbonyl (C=O) groups is 1. The van der Waals surface area contributed by atoms with Crippen LogP contribution in [0.5, 0.6) is 0 Å². The highest BCUT2D eigenvalue weighted by molar-refractivity contribution is 5.68. The van der Waals surface area contributed by atoms with E-state index in [4.69, 9.17) is 4.74 Å². The summed E-state index contributed by atoms with van der Waals surface area (Å²) in [7, 11) is 0. The number of nitrogens with one attached hydrogen (secondary N) is 2. The Morgan fingerprint density at radius 3 is 2.73 bits per heavy atom. The zero-order valence-electron chi connectivity index (χ0n) is 9.47. The summed E-state index contributed by atoms with van der Waals surface area (Å²) in [6.07, 6.45) is 0.184. The number of alkyl carbamates (subject to hydrolysis) is 1. The molecular weight excluding hydrogens is 199 g/mol. The first-order valence-electron chi connectivity index (χ1n) is 5.19. The quantitative estimate of drug-likeness (QED) is 0.732. The van der Waals surface area contributed by atoms with Gasteiger partial charge in [-0.2, -0.15) is 0 Å². The summed E-state index contributed by atoms with van der Waals surface area (Å²) >= 11 is 0. The zero-order chi connectivity index (χ0) is 11.5. The second-order valence-electron chi connectivity index (χ2n) is 4.84. The minimum absolute atomic E-state index is 0.0272. The van der Waals surface area contributed by atoms with Crippen LogP contribution in [-0.2, 0) is 4.74 Å². The number of hydrogen-bond donors (Lipinski definition) is 2. The van der Waals surface area contributed by atoms with Gasteiger partial charge in [-0.3, -0.25) is 0 Å². The van der Waals surface area contributed by atoms with Crippen LogP contribution in [0, 0.1) is 0 Å². The third-order valence-electron chi connectivity index (χ3n) is 2.13. The number of ether oxygens (including phenoxy) is 1. The van der Waals surface area contributed by atoms with Gasteiger partial charge in [0.25, 0.3) is 0 Å². The largest absolute Gasteiger partial charge is 0.444 e. The first-order valence-corrected chi connectivity index (χ1v) is 5.19. The first-order chi connectivity index (χ1) is 6.90. The third kappa shape index (κ3) is 4.46. The van der Waals surface area contributed by atoms with Gasteiger partial charge in [0.15, 0.2) is 0 Å². The molecule has 5 heteroatoms. The van der Waals surface area contributed by atoms with Gasteiger partial charge in [0, 0.05) is 18.6 Å². The van der Waals surface area contributed by atoms with E-state index in [0.717, 1.165) is 0 Å². The first kappa shape index (κ1) is 12.2. The summed E-state index contributed by atoms with van der Waals surface area (Å²) in [5.74, 6) is 0. The molecule has 1 aliphatic heterocycles. The fourth-order valence-corrected chi connectivity index (χ4v) is 1.52. The van der Waals surface area contributed by atoms with E-state index in [1.54, 1.807) is 0 Å². The van der Waals surface area contributed by atoms with Crippen LogP contribution < -0.4 is 10.6 Å². The maximum atomic E-state index is 12.3. The van der Waals surface area contributed by atoms with E-state index >= 15 is 0 Å². The Morgan fingerprint density at radius 1 is 1.60 bits per heavy atom. The van der Waals surface area contributed by atoms with Crippen LogP contribution in [0.1, 0.15) is 27.2 Å². The Balaban J connectivity index is 2.28. The van der Waals surface area contributed by atoms with Gasteiger partial charge in [0.2, 0.25) is 0 Å². The normalized spacial score (nSPS) is 26.4. The highest BCUT2D eigenvalue weighted by atomic mass is 19.1. The molecule has 1 rings (SSSR count). The van der Waals surface area contributed by atoms with Gasteiger partial charge in [-0.15, -0.1) is 0 Å². The Morgan fingerprint density at radius 2 is 2.27 bits per heavy atom. The monoisotopic (exact) mass is 218 g/mol. The van der Waals surface area contributed by atoms with Crippen molar-refractivity contribution in [2.75, 3.05) is 13.2 Å². The molecule has 1 heterocycles. The molecule has 0 unspecified atom stereocenters. The van der Waals surface area contributed by atoms with Gasteiger partial charge in [-0.25, -0.2) is 9.18 Å². The van der Waals surface area contributed by atoms with E-state index in [1.807, 2.05) is 20.8 Å². The second kappa shape index (κ2) is 4.79. The molecule has 0 aliphatic carbocycles. The van der Waals surface area contributed by atoms with Crippen molar-refractivity contribution < 1.29 is 13.9 Å². The highest BCUT2D eigenvalue weighted by Gasteiger charge is 2.26. The zero-order valence-corrected chi connectivity index (χ0v) is 9.47. The van der Waals surface area contributed by atoms with Crippen molar-refractivity contribution in [3.8, 4) is 0 Å². The van der Waals surface area contributed by atoms with Crippen molar-refractivity contribution in [3.05, 3.63) is 0 Å². The van der Waals surface area contributed by atoms with E-state index in [0.29, 0.717) is 13.0 Å². The predicted octanol–water partition coefficient (Wildman–Crippen LogP) is 1.21. The van der Waals surface area contributed by atoms with Crippen LogP contribution in [0.15, 0.2) is 0 Å². The number of carbonyl (C=O) groups excluding carboxylic acids is 1. The highest BCUT2D eigenvalue weighted by Crippen LogP contribution is 2.10. The maximum absolute atomic E-state index is 12.3. The summed E-state index contributed by atoms with van der Waals surface area (Å²) in [6, 6.07) is -0.162. The third-order valence-corrected chi connectivity index (χ3v) is 2.13. The molecule has 0 bridgehead atoms. The molecule has 0 aromatic rings. The smallest absolute Gasteiger partial charge is 0.407 e. The van der Waals surface area contributed by atoms with Crippen LogP contribution >= 0.6 is 0 Å². The van der Waals surface area contributed by atoms with E-state index in [2.05, 4.69) is 10.6 Å². The molecule has 2 atom stereocenters. The molecule has 1 saturated heterocycles. The van der Waals surface area contributed by atoms with Crippen molar-refractivity contribution in [1.82, 2.24) is 10.6 Å². The fraction of sp³-hybridized carbons (Fsp3) is 0.900. The lowest BCUT2D eigenvalue weighted by atomic mass is 10.2. The lowest BCUT2D eigenvalue weighted by molar-refractivity contribution is 0.0508. The second-order valence-corrected chi connectivity index (χ2v) is 4.84. The topological polar surface area (TPSA) is 50.4 Å². The number of amides is 1. The summed E-state index contributed by atoms with van der Waals surface area (Å²) in [6.45, 7) is 5.64. The van der Waals surface area contributed by atoms with E-state index in [1.165, 1.54) is 0 Å². The minimum Gasteiger partial charge on any atom is -0.444 e. The molecule has 2 N–H and O–H groups in total. The van der Waals surface area contributed by atoms with Crippen LogP contribution in [-0.4, -0.2) is 37.0 Å². The van der Waals surface area contributed by atoms with Crippen LogP contribution in [0.3, 0.4) is 0 Å². The molecule has 1 amide bonds. The van der Waals surface area contributed by atoms with Crippen molar-refractivity contribution >= 4 is 6.09 Å². The summed E-state index contributed by atoms with van der Waals surface area (Å²) in [4.78, 5) is 11.4. The molecule has 1 aliphatic rings. The van der Waals surface area contributed by atoms with Crippen LogP contribution in [0.2, 0.25) is 0 Å². The number of rotatable bonds is 2. The van der Waals surface area contributed by atoms with Gasteiger partial charge < -0.3 is 15.4 Å². The molecule has 88 valence electrons. The number of alkyl halides is 1. The molecule has 0 spiro atoms. The maximum Gasteiger partial charge on any atom is 0.407 e. The van der Waals surface area contributed by atoms with Crippen LogP contribution in [0.25, 0.3) is 0 Å². The predicted molar refractivity (Wildman–Crippen MR) is 55.5 cm³/mol. The summed E-state index contributed by atoms with van der Waals surface area (Å²) < 4.78 is 17.4. The summed E-state index contributed by atoms with van der Waals surface area (Å²) in [5, 5.41) is 5.69. The van der Waals surface area contributed by atoms with Crippen LogP contribution in [0.4, 0.5) is 9.18 Å². The molecule has 0 radical (unpaired) electrons. The van der Waals surface area contributed by atoms with Crippen molar-refractivity contribution in [1.29, 1.82) is 0 Å². The van der Waals surface area contributed by atoms with Gasteiger partial charge >= 0.3 is 6.09 Å². The Bertz CT molecular complexity index is 228. The van der Waals surface area contributed by atoms with Crippen molar-refractivity contribution in [3.63, 3.8) is 0 Å². The van der Waals surface area contributed by atoms with E-state index < -0.39 is 18.4 Å². The lowest BCUT2D eigenvalue weighted by Gasteiger charge is -2.21. The molecule has 15 heavy (non-hydrogen) atoms. The molecule has 0 aromatic heterocycles. The van der Waals surface area contributed by atoms with Gasteiger partial charge in [0.1, 0.15) is 12.3 Å². The standard InChI is InChI=1S/C10H19FN2O2/c1-10(2,3)15-9(14)13-8-4-7(5-11)12-6-8/h7-8,12H,4-6H2,1-3H3,(H,13,14)/t7-,8+/m0/s1. The lowest BCUT2D eigenvalue weighted by Crippen LogP contribution is -2.40. The van der Waals surface area contributed by atoms with Gasteiger partial charge in [-0.05, 0) is 27.2 Å². The minimum atomic E-state index is -0.490. The summed E-state index contributed by atoms with van der Waals surface area (Å²) in [5.41, 5.74) is -0.490. The molecular formula is C10H19FN2O2. The molecule has 0 aromatic carbocycles. The fourth-order valence-electron chi connectivity index (χ4n) is 1.52. The SMILES string of the molecule is CC(C)(C)OC(=O)N[C@H]1CN[C@H](CF)C1. The number of halogens is 1. The Labute approximate surface area is 89.6 Å². The average molecular weight is 218 g/mol.